The Labute approximate surface area is 138 Å². The Balaban J connectivity index is 1.87. The van der Waals surface area contributed by atoms with Gasteiger partial charge < -0.3 is 20.6 Å². The van der Waals surface area contributed by atoms with Crippen molar-refractivity contribution in [2.45, 2.75) is 31.2 Å². The highest BCUT2D eigenvalue weighted by atomic mass is 19.4. The van der Waals surface area contributed by atoms with E-state index in [0.717, 1.165) is 19.4 Å². The standard InChI is InChI=1S/C14H21F3N6O/c1-18-12(21-8-11(24)14(15,16)17)22-10-4-2-7-23(9-10)13-19-5-3-6-20-13/h3,5-6,10-11,24H,2,4,7-9H2,1H3,(H2,18,21,22). The van der Waals surface area contributed by atoms with Gasteiger partial charge in [-0.2, -0.15) is 13.2 Å². The average molecular weight is 346 g/mol. The van der Waals surface area contributed by atoms with Crippen LogP contribution in [-0.4, -0.2) is 66.0 Å². The number of aliphatic hydroxyl groups is 1. The molecule has 1 aliphatic rings. The summed E-state index contributed by atoms with van der Waals surface area (Å²) >= 11 is 0. The highest BCUT2D eigenvalue weighted by Gasteiger charge is 2.38. The van der Waals surface area contributed by atoms with Crippen LogP contribution in [-0.2, 0) is 0 Å². The number of alkyl halides is 3. The Hall–Kier alpha value is -2.10. The molecule has 3 N–H and O–H groups in total. The van der Waals surface area contributed by atoms with E-state index in [0.29, 0.717) is 12.5 Å². The van der Waals surface area contributed by atoms with Gasteiger partial charge >= 0.3 is 6.18 Å². The van der Waals surface area contributed by atoms with Crippen molar-refractivity contribution >= 4 is 11.9 Å². The van der Waals surface area contributed by atoms with Crippen LogP contribution in [0.15, 0.2) is 23.5 Å². The number of nitrogens with zero attached hydrogens (tertiary/aromatic N) is 4. The fourth-order valence-electron chi connectivity index (χ4n) is 2.43. The minimum absolute atomic E-state index is 0.00298. The van der Waals surface area contributed by atoms with Gasteiger partial charge in [-0.05, 0) is 18.9 Å². The van der Waals surface area contributed by atoms with Crippen molar-refractivity contribution in [3.63, 3.8) is 0 Å². The van der Waals surface area contributed by atoms with E-state index in [1.807, 2.05) is 4.90 Å². The van der Waals surface area contributed by atoms with Crippen LogP contribution in [0.3, 0.4) is 0 Å². The molecule has 24 heavy (non-hydrogen) atoms. The van der Waals surface area contributed by atoms with Gasteiger partial charge in [-0.25, -0.2) is 9.97 Å². The molecule has 1 saturated heterocycles. The minimum atomic E-state index is -4.65. The lowest BCUT2D eigenvalue weighted by molar-refractivity contribution is -0.201. The molecule has 0 radical (unpaired) electrons. The number of halogens is 3. The Morgan fingerprint density at radius 2 is 2.17 bits per heavy atom. The number of hydrogen-bond acceptors (Lipinski definition) is 5. The van der Waals surface area contributed by atoms with E-state index in [1.54, 1.807) is 18.5 Å². The number of aliphatic hydroxyl groups excluding tert-OH is 1. The molecule has 2 unspecified atom stereocenters. The van der Waals surface area contributed by atoms with Gasteiger partial charge in [-0.15, -0.1) is 0 Å². The molecule has 134 valence electrons. The number of aliphatic imine (C=N–C) groups is 1. The Morgan fingerprint density at radius 1 is 1.46 bits per heavy atom. The summed E-state index contributed by atoms with van der Waals surface area (Å²) in [6.07, 6.45) is -2.00. The van der Waals surface area contributed by atoms with E-state index in [2.05, 4.69) is 25.6 Å². The third-order valence-electron chi connectivity index (χ3n) is 3.66. The Kier molecular flexibility index (Phi) is 6.18. The predicted octanol–water partition coefficient (Wildman–Crippen LogP) is 0.534. The first-order chi connectivity index (χ1) is 11.4. The lowest BCUT2D eigenvalue weighted by Gasteiger charge is -2.33. The van der Waals surface area contributed by atoms with Gasteiger partial charge in [0.05, 0.1) is 6.54 Å². The first-order valence-electron chi connectivity index (χ1n) is 7.64. The zero-order chi connectivity index (χ0) is 17.6. The van der Waals surface area contributed by atoms with Gasteiger partial charge in [0.2, 0.25) is 5.95 Å². The van der Waals surface area contributed by atoms with Gasteiger partial charge in [0.1, 0.15) is 0 Å². The number of aromatic nitrogens is 2. The van der Waals surface area contributed by atoms with Crippen molar-refractivity contribution in [1.29, 1.82) is 0 Å². The molecular weight excluding hydrogens is 325 g/mol. The maximum atomic E-state index is 12.3. The maximum Gasteiger partial charge on any atom is 0.416 e. The van der Waals surface area contributed by atoms with Gasteiger partial charge in [0.15, 0.2) is 12.1 Å². The van der Waals surface area contributed by atoms with Crippen LogP contribution < -0.4 is 15.5 Å². The summed E-state index contributed by atoms with van der Waals surface area (Å²) in [5.41, 5.74) is 0. The molecule has 0 amide bonds. The first kappa shape index (κ1) is 18.2. The number of anilines is 1. The second-order valence-corrected chi connectivity index (χ2v) is 5.49. The summed E-state index contributed by atoms with van der Waals surface area (Å²) in [4.78, 5) is 14.3. The van der Waals surface area contributed by atoms with Crippen molar-refractivity contribution < 1.29 is 18.3 Å². The molecular formula is C14H21F3N6O. The van der Waals surface area contributed by atoms with Gasteiger partial charge in [-0.1, -0.05) is 0 Å². The monoisotopic (exact) mass is 346 g/mol. The number of hydrogen-bond donors (Lipinski definition) is 3. The number of nitrogens with one attached hydrogen (secondary N) is 2. The van der Waals surface area contributed by atoms with Crippen LogP contribution in [0.1, 0.15) is 12.8 Å². The van der Waals surface area contributed by atoms with E-state index >= 15 is 0 Å². The molecule has 10 heteroatoms. The molecule has 7 nitrogen and oxygen atoms in total. The summed E-state index contributed by atoms with van der Waals surface area (Å²) in [5, 5.41) is 14.6. The van der Waals surface area contributed by atoms with Crippen molar-refractivity contribution in [1.82, 2.24) is 20.6 Å². The molecule has 0 bridgehead atoms. The van der Waals surface area contributed by atoms with Crippen molar-refractivity contribution in [3.05, 3.63) is 18.5 Å². The molecule has 0 saturated carbocycles. The van der Waals surface area contributed by atoms with Crippen LogP contribution in [0.25, 0.3) is 0 Å². The number of piperidine rings is 1. The third kappa shape index (κ3) is 5.22. The van der Waals surface area contributed by atoms with Gasteiger partial charge in [-0.3, -0.25) is 4.99 Å². The summed E-state index contributed by atoms with van der Waals surface area (Å²) in [6.45, 7) is 0.787. The topological polar surface area (TPSA) is 85.7 Å². The predicted molar refractivity (Wildman–Crippen MR) is 83.8 cm³/mol. The van der Waals surface area contributed by atoms with Gasteiger partial charge in [0, 0.05) is 38.6 Å². The van der Waals surface area contributed by atoms with E-state index in [9.17, 15) is 13.2 Å². The van der Waals surface area contributed by atoms with Gasteiger partial charge in [0.25, 0.3) is 0 Å². The van der Waals surface area contributed by atoms with Crippen LogP contribution in [0.2, 0.25) is 0 Å². The molecule has 2 rings (SSSR count). The van der Waals surface area contributed by atoms with E-state index in [1.165, 1.54) is 7.05 Å². The SMILES string of the molecule is CN=C(NCC(O)C(F)(F)F)NC1CCCN(c2ncccn2)C1. The molecule has 1 fully saturated rings. The fourth-order valence-corrected chi connectivity index (χ4v) is 2.43. The van der Waals surface area contributed by atoms with Crippen LogP contribution >= 0.6 is 0 Å². The van der Waals surface area contributed by atoms with Crippen LogP contribution in [0.5, 0.6) is 0 Å². The summed E-state index contributed by atoms with van der Waals surface area (Å²) in [5.74, 6) is 0.846. The second kappa shape index (κ2) is 8.13. The molecule has 0 aromatic carbocycles. The van der Waals surface area contributed by atoms with Crippen molar-refractivity contribution in [2.75, 3.05) is 31.6 Å². The summed E-state index contributed by atoms with van der Waals surface area (Å²) < 4.78 is 37.0. The Morgan fingerprint density at radius 3 is 2.79 bits per heavy atom. The molecule has 1 aromatic heterocycles. The molecule has 0 spiro atoms. The highest BCUT2D eigenvalue weighted by Crippen LogP contribution is 2.19. The summed E-state index contributed by atoms with van der Waals surface area (Å²) in [7, 11) is 1.47. The normalized spacial score (nSPS) is 20.6. The molecule has 0 aliphatic carbocycles. The van der Waals surface area contributed by atoms with E-state index < -0.39 is 18.8 Å². The number of guanidine groups is 1. The number of rotatable bonds is 4. The average Bonchev–Trinajstić information content (AvgIpc) is 2.58. The lowest BCUT2D eigenvalue weighted by atomic mass is 10.1. The second-order valence-electron chi connectivity index (χ2n) is 5.49. The van der Waals surface area contributed by atoms with E-state index in [-0.39, 0.29) is 12.0 Å². The van der Waals surface area contributed by atoms with Crippen molar-refractivity contribution in [2.24, 2.45) is 4.99 Å². The maximum absolute atomic E-state index is 12.3. The molecule has 1 aliphatic heterocycles. The third-order valence-corrected chi connectivity index (χ3v) is 3.66. The largest absolute Gasteiger partial charge is 0.416 e. The quantitative estimate of drug-likeness (QED) is 0.545. The van der Waals surface area contributed by atoms with Crippen molar-refractivity contribution in [3.8, 4) is 0 Å². The highest BCUT2D eigenvalue weighted by molar-refractivity contribution is 5.80. The first-order valence-corrected chi connectivity index (χ1v) is 7.64. The molecule has 2 atom stereocenters. The Bertz CT molecular complexity index is 539. The van der Waals surface area contributed by atoms with Crippen LogP contribution in [0, 0.1) is 0 Å². The molecule has 2 heterocycles. The minimum Gasteiger partial charge on any atom is -0.382 e. The zero-order valence-electron chi connectivity index (χ0n) is 13.3. The zero-order valence-corrected chi connectivity index (χ0v) is 13.3. The van der Waals surface area contributed by atoms with Crippen LogP contribution in [0.4, 0.5) is 19.1 Å². The summed E-state index contributed by atoms with van der Waals surface area (Å²) in [6, 6.07) is 1.73. The molecule has 1 aromatic rings. The fraction of sp³-hybridized carbons (Fsp3) is 0.643. The smallest absolute Gasteiger partial charge is 0.382 e. The van der Waals surface area contributed by atoms with E-state index in [4.69, 9.17) is 5.11 Å². The lowest BCUT2D eigenvalue weighted by Crippen LogP contribution is -2.53.